The van der Waals surface area contributed by atoms with Crippen LogP contribution in [-0.2, 0) is 9.59 Å². The molecule has 2 nitrogen and oxygen atoms in total. The van der Waals surface area contributed by atoms with Gasteiger partial charge in [-0.25, -0.2) is 0 Å². The second-order valence-corrected chi connectivity index (χ2v) is 3.91. The summed E-state index contributed by atoms with van der Waals surface area (Å²) >= 11 is 0. The molecule has 1 rings (SSSR count). The molecule has 2 heteroatoms. The molecule has 0 saturated carbocycles. The van der Waals surface area contributed by atoms with E-state index in [9.17, 15) is 9.59 Å². The molecule has 1 aliphatic rings. The summed E-state index contributed by atoms with van der Waals surface area (Å²) in [5, 5.41) is 0. The van der Waals surface area contributed by atoms with Crippen molar-refractivity contribution < 1.29 is 9.59 Å². The number of rotatable bonds is 2. The van der Waals surface area contributed by atoms with Crippen molar-refractivity contribution in [3.05, 3.63) is 11.1 Å². The van der Waals surface area contributed by atoms with E-state index in [2.05, 4.69) is 0 Å². The van der Waals surface area contributed by atoms with E-state index in [0.717, 1.165) is 31.8 Å². The minimum atomic E-state index is -0.101. The lowest BCUT2D eigenvalue weighted by atomic mass is 9.73. The zero-order valence-electron chi connectivity index (χ0n) is 7.59. The Hall–Kier alpha value is -0.920. The summed E-state index contributed by atoms with van der Waals surface area (Å²) in [6.07, 6.45) is 4.44. The van der Waals surface area contributed by atoms with Gasteiger partial charge < -0.3 is 0 Å². The van der Waals surface area contributed by atoms with Gasteiger partial charge in [-0.2, -0.15) is 0 Å². The van der Waals surface area contributed by atoms with E-state index in [1.165, 1.54) is 0 Å². The highest BCUT2D eigenvalue weighted by molar-refractivity contribution is 5.88. The molecule has 0 N–H and O–H groups in total. The van der Waals surface area contributed by atoms with Crippen molar-refractivity contribution in [3.8, 4) is 0 Å². The second kappa shape index (κ2) is 3.21. The lowest BCUT2D eigenvalue weighted by Gasteiger charge is -2.30. The first-order valence-electron chi connectivity index (χ1n) is 4.26. The van der Waals surface area contributed by atoms with Crippen LogP contribution in [0.15, 0.2) is 11.1 Å². The van der Waals surface area contributed by atoms with Crippen molar-refractivity contribution in [1.29, 1.82) is 0 Å². The van der Waals surface area contributed by atoms with E-state index in [1.54, 1.807) is 0 Å². The molecule has 0 fully saturated rings. The summed E-state index contributed by atoms with van der Waals surface area (Å²) in [7, 11) is 0. The number of hydrogen-bond donors (Lipinski definition) is 0. The molecular weight excluding hydrogens is 152 g/mol. The molecule has 0 atom stereocenters. The van der Waals surface area contributed by atoms with E-state index in [-0.39, 0.29) is 5.41 Å². The van der Waals surface area contributed by atoms with Crippen molar-refractivity contribution in [1.82, 2.24) is 0 Å². The molecule has 0 saturated heterocycles. The average molecular weight is 166 g/mol. The lowest BCUT2D eigenvalue weighted by molar-refractivity contribution is -0.108. The highest BCUT2D eigenvalue weighted by Crippen LogP contribution is 2.38. The third-order valence-electron chi connectivity index (χ3n) is 2.58. The quantitative estimate of drug-likeness (QED) is 0.587. The van der Waals surface area contributed by atoms with Crippen molar-refractivity contribution in [2.45, 2.75) is 33.1 Å². The molecule has 0 aromatic carbocycles. The van der Waals surface area contributed by atoms with E-state index >= 15 is 0 Å². The van der Waals surface area contributed by atoms with Crippen LogP contribution in [0.5, 0.6) is 0 Å². The number of carbonyl (C=O) groups excluding carboxylic acids is 2. The van der Waals surface area contributed by atoms with Gasteiger partial charge in [0.1, 0.15) is 12.6 Å². The van der Waals surface area contributed by atoms with Gasteiger partial charge in [-0.05, 0) is 30.3 Å². The van der Waals surface area contributed by atoms with Crippen LogP contribution in [-0.4, -0.2) is 12.6 Å². The Labute approximate surface area is 72.7 Å². The molecule has 0 unspecified atom stereocenters. The Morgan fingerprint density at radius 2 is 1.92 bits per heavy atom. The first-order valence-corrected chi connectivity index (χ1v) is 4.26. The smallest absolute Gasteiger partial charge is 0.146 e. The van der Waals surface area contributed by atoms with Gasteiger partial charge in [0.05, 0.1) is 0 Å². The van der Waals surface area contributed by atoms with Gasteiger partial charge in [-0.15, -0.1) is 0 Å². The zero-order valence-corrected chi connectivity index (χ0v) is 7.59. The van der Waals surface area contributed by atoms with Crippen LogP contribution in [0.4, 0.5) is 0 Å². The molecule has 0 aliphatic heterocycles. The molecule has 0 amide bonds. The van der Waals surface area contributed by atoms with Gasteiger partial charge in [0.2, 0.25) is 0 Å². The number of aldehydes is 2. The SMILES string of the molecule is CC1(C)CCCC(C=O)=C1C=O. The monoisotopic (exact) mass is 166 g/mol. The van der Waals surface area contributed by atoms with Crippen LogP contribution in [0, 0.1) is 5.41 Å². The maximum absolute atomic E-state index is 10.7. The molecular formula is C10H14O2. The minimum Gasteiger partial charge on any atom is -0.298 e. The fourth-order valence-corrected chi connectivity index (χ4v) is 1.78. The first-order chi connectivity index (χ1) is 5.61. The Balaban J connectivity index is 3.10. The van der Waals surface area contributed by atoms with Crippen molar-refractivity contribution >= 4 is 12.6 Å². The van der Waals surface area contributed by atoms with Crippen LogP contribution < -0.4 is 0 Å². The molecule has 0 heterocycles. The zero-order chi connectivity index (χ0) is 9.19. The van der Waals surface area contributed by atoms with Crippen LogP contribution in [0.2, 0.25) is 0 Å². The Morgan fingerprint density at radius 1 is 1.25 bits per heavy atom. The Kier molecular flexibility index (Phi) is 2.46. The summed E-state index contributed by atoms with van der Waals surface area (Å²) in [6, 6.07) is 0. The van der Waals surface area contributed by atoms with Gasteiger partial charge >= 0.3 is 0 Å². The van der Waals surface area contributed by atoms with Crippen LogP contribution >= 0.6 is 0 Å². The summed E-state index contributed by atoms with van der Waals surface area (Å²) in [6.45, 7) is 4.03. The highest BCUT2D eigenvalue weighted by Gasteiger charge is 2.29. The van der Waals surface area contributed by atoms with Crippen molar-refractivity contribution in [2.75, 3.05) is 0 Å². The fourth-order valence-electron chi connectivity index (χ4n) is 1.78. The Bertz CT molecular complexity index is 236. The molecule has 12 heavy (non-hydrogen) atoms. The molecule has 0 aromatic heterocycles. The molecule has 1 aliphatic carbocycles. The van der Waals surface area contributed by atoms with Gasteiger partial charge in [0.15, 0.2) is 0 Å². The van der Waals surface area contributed by atoms with Gasteiger partial charge in [0, 0.05) is 5.57 Å². The Morgan fingerprint density at radius 3 is 2.33 bits per heavy atom. The van der Waals surface area contributed by atoms with Crippen molar-refractivity contribution in [2.24, 2.45) is 5.41 Å². The maximum atomic E-state index is 10.7. The summed E-state index contributed by atoms with van der Waals surface area (Å²) in [5.74, 6) is 0. The fraction of sp³-hybridized carbons (Fsp3) is 0.600. The first kappa shape index (κ1) is 9.17. The lowest BCUT2D eigenvalue weighted by Crippen LogP contribution is -2.22. The molecule has 0 aromatic rings. The predicted molar refractivity (Wildman–Crippen MR) is 46.8 cm³/mol. The topological polar surface area (TPSA) is 34.1 Å². The third-order valence-corrected chi connectivity index (χ3v) is 2.58. The predicted octanol–water partition coefficient (Wildman–Crippen LogP) is 1.89. The van der Waals surface area contributed by atoms with Gasteiger partial charge in [-0.3, -0.25) is 9.59 Å². The maximum Gasteiger partial charge on any atom is 0.146 e. The molecule has 66 valence electrons. The second-order valence-electron chi connectivity index (χ2n) is 3.91. The molecule has 0 radical (unpaired) electrons. The van der Waals surface area contributed by atoms with Crippen LogP contribution in [0.25, 0.3) is 0 Å². The summed E-state index contributed by atoms with van der Waals surface area (Å²) in [4.78, 5) is 21.3. The standard InChI is InChI=1S/C10H14O2/c1-10(2)5-3-4-8(6-11)9(10)7-12/h6-7H,3-5H2,1-2H3. The molecule has 0 spiro atoms. The normalized spacial score (nSPS) is 22.2. The highest BCUT2D eigenvalue weighted by atomic mass is 16.1. The number of allylic oxidation sites excluding steroid dienone is 2. The van der Waals surface area contributed by atoms with E-state index < -0.39 is 0 Å². The van der Waals surface area contributed by atoms with E-state index in [0.29, 0.717) is 11.1 Å². The van der Waals surface area contributed by atoms with E-state index in [1.807, 2.05) is 13.8 Å². The van der Waals surface area contributed by atoms with Crippen LogP contribution in [0.3, 0.4) is 0 Å². The van der Waals surface area contributed by atoms with Gasteiger partial charge in [-0.1, -0.05) is 13.8 Å². The number of carbonyl (C=O) groups is 2. The summed E-state index contributed by atoms with van der Waals surface area (Å²) < 4.78 is 0. The van der Waals surface area contributed by atoms with Crippen molar-refractivity contribution in [3.63, 3.8) is 0 Å². The third kappa shape index (κ3) is 1.47. The average Bonchev–Trinajstić information content (AvgIpc) is 2.02. The minimum absolute atomic E-state index is 0.101. The molecule has 0 bridgehead atoms. The van der Waals surface area contributed by atoms with E-state index in [4.69, 9.17) is 0 Å². The van der Waals surface area contributed by atoms with Crippen LogP contribution in [0.1, 0.15) is 33.1 Å². The largest absolute Gasteiger partial charge is 0.298 e. The summed E-state index contributed by atoms with van der Waals surface area (Å²) in [5.41, 5.74) is 1.29. The van der Waals surface area contributed by atoms with Gasteiger partial charge in [0.25, 0.3) is 0 Å². The number of hydrogen-bond acceptors (Lipinski definition) is 2.